The highest BCUT2D eigenvalue weighted by molar-refractivity contribution is 7.98. The van der Waals surface area contributed by atoms with E-state index in [4.69, 9.17) is 5.26 Å². The van der Waals surface area contributed by atoms with Crippen LogP contribution >= 0.6 is 11.8 Å². The fourth-order valence-corrected chi connectivity index (χ4v) is 1.30. The Morgan fingerprint density at radius 2 is 2.64 bits per heavy atom. The van der Waals surface area contributed by atoms with Gasteiger partial charge >= 0.3 is 0 Å². The lowest BCUT2D eigenvalue weighted by atomic mass is 10.6. The summed E-state index contributed by atoms with van der Waals surface area (Å²) in [5, 5.41) is 14.7. The van der Waals surface area contributed by atoms with Gasteiger partial charge in [-0.2, -0.15) is 22.1 Å². The molecule has 0 fully saturated rings. The molecule has 11 heavy (non-hydrogen) atoms. The van der Waals surface area contributed by atoms with Crippen LogP contribution in [-0.4, -0.2) is 20.9 Å². The summed E-state index contributed by atoms with van der Waals surface area (Å²) in [5.74, 6) is 2.53. The summed E-state index contributed by atoms with van der Waals surface area (Å²) in [7, 11) is 0. The van der Waals surface area contributed by atoms with Gasteiger partial charge in [-0.1, -0.05) is 0 Å². The molecule has 1 heterocycles. The molecule has 0 aliphatic carbocycles. The first-order valence-electron chi connectivity index (χ1n) is 3.22. The summed E-state index contributed by atoms with van der Waals surface area (Å²) in [6.07, 6.45) is 2.08. The number of hydrogen-bond acceptors (Lipinski definition) is 4. The molecule has 0 spiro atoms. The Labute approximate surface area is 69.0 Å². The molecule has 58 valence electrons. The normalized spacial score (nSPS) is 9.36. The number of rotatable bonds is 4. The van der Waals surface area contributed by atoms with Crippen molar-refractivity contribution in [1.82, 2.24) is 15.2 Å². The van der Waals surface area contributed by atoms with Crippen LogP contribution in [0, 0.1) is 11.3 Å². The van der Waals surface area contributed by atoms with Crippen LogP contribution in [-0.2, 0) is 5.75 Å². The number of hydrogen-bond donors (Lipinski definition) is 1. The van der Waals surface area contributed by atoms with E-state index in [0.717, 1.165) is 17.3 Å². The first-order valence-corrected chi connectivity index (χ1v) is 4.38. The van der Waals surface area contributed by atoms with Crippen molar-refractivity contribution in [1.29, 1.82) is 5.26 Å². The standard InChI is InChI=1S/C6H8N4S/c7-2-1-3-11-4-6-8-5-9-10-6/h5H,1,3-4H2,(H,8,9,10). The van der Waals surface area contributed by atoms with Crippen LogP contribution < -0.4 is 0 Å². The Hall–Kier alpha value is -1.02. The zero-order valence-corrected chi connectivity index (χ0v) is 6.77. The average Bonchev–Trinajstić information content (AvgIpc) is 2.50. The SMILES string of the molecule is N#CCCSCc1ncn[nH]1. The summed E-state index contributed by atoms with van der Waals surface area (Å²) in [4.78, 5) is 3.94. The lowest BCUT2D eigenvalue weighted by Gasteiger charge is -1.91. The van der Waals surface area contributed by atoms with Crippen molar-refractivity contribution < 1.29 is 0 Å². The van der Waals surface area contributed by atoms with Crippen LogP contribution in [0.25, 0.3) is 0 Å². The first-order chi connectivity index (χ1) is 5.43. The summed E-state index contributed by atoms with van der Waals surface area (Å²) in [6, 6.07) is 2.08. The molecule has 5 heteroatoms. The zero-order chi connectivity index (χ0) is 7.94. The second-order valence-corrected chi connectivity index (χ2v) is 3.00. The molecule has 0 amide bonds. The first kappa shape index (κ1) is 8.08. The van der Waals surface area contributed by atoms with E-state index in [-0.39, 0.29) is 0 Å². The smallest absolute Gasteiger partial charge is 0.137 e. The zero-order valence-electron chi connectivity index (χ0n) is 5.95. The van der Waals surface area contributed by atoms with Crippen LogP contribution in [0.5, 0.6) is 0 Å². The van der Waals surface area contributed by atoms with Gasteiger partial charge in [0.2, 0.25) is 0 Å². The molecule has 0 aliphatic heterocycles. The van der Waals surface area contributed by atoms with Crippen LogP contribution in [0.1, 0.15) is 12.2 Å². The molecule has 0 unspecified atom stereocenters. The third-order valence-corrected chi connectivity index (χ3v) is 2.03. The highest BCUT2D eigenvalue weighted by Gasteiger charge is 1.94. The maximum atomic E-state index is 8.22. The third-order valence-electron chi connectivity index (χ3n) is 1.06. The molecule has 1 aromatic heterocycles. The van der Waals surface area contributed by atoms with Crippen molar-refractivity contribution in [2.24, 2.45) is 0 Å². The van der Waals surface area contributed by atoms with E-state index in [1.807, 2.05) is 0 Å². The van der Waals surface area contributed by atoms with E-state index >= 15 is 0 Å². The van der Waals surface area contributed by atoms with Crippen LogP contribution in [0.15, 0.2) is 6.33 Å². The van der Waals surface area contributed by atoms with E-state index in [0.29, 0.717) is 6.42 Å². The van der Waals surface area contributed by atoms with Crippen LogP contribution in [0.3, 0.4) is 0 Å². The Balaban J connectivity index is 2.10. The predicted molar refractivity (Wildman–Crippen MR) is 42.8 cm³/mol. The number of nitriles is 1. The molecular formula is C6H8N4S. The summed E-state index contributed by atoms with van der Waals surface area (Å²) < 4.78 is 0. The van der Waals surface area contributed by atoms with E-state index in [1.54, 1.807) is 11.8 Å². The van der Waals surface area contributed by atoms with Gasteiger partial charge in [-0.3, -0.25) is 5.10 Å². The molecule has 0 saturated heterocycles. The summed E-state index contributed by atoms with van der Waals surface area (Å²) >= 11 is 1.68. The number of thioether (sulfide) groups is 1. The molecule has 0 aliphatic rings. The van der Waals surface area contributed by atoms with Crippen molar-refractivity contribution in [3.05, 3.63) is 12.2 Å². The number of nitrogens with zero attached hydrogens (tertiary/aromatic N) is 3. The van der Waals surface area contributed by atoms with E-state index < -0.39 is 0 Å². The third kappa shape index (κ3) is 3.05. The van der Waals surface area contributed by atoms with Gasteiger partial charge in [-0.25, -0.2) is 4.98 Å². The van der Waals surface area contributed by atoms with E-state index in [2.05, 4.69) is 21.3 Å². The predicted octanol–water partition coefficient (Wildman–Crippen LogP) is 0.952. The summed E-state index contributed by atoms with van der Waals surface area (Å²) in [5.41, 5.74) is 0. The van der Waals surface area contributed by atoms with Gasteiger partial charge in [-0.05, 0) is 0 Å². The topological polar surface area (TPSA) is 65.4 Å². The average molecular weight is 168 g/mol. The second-order valence-electron chi connectivity index (χ2n) is 1.89. The Kier molecular flexibility index (Phi) is 3.48. The Morgan fingerprint density at radius 1 is 1.73 bits per heavy atom. The fraction of sp³-hybridized carbons (Fsp3) is 0.500. The fourth-order valence-electron chi connectivity index (χ4n) is 0.587. The maximum Gasteiger partial charge on any atom is 0.137 e. The molecule has 0 atom stereocenters. The maximum absolute atomic E-state index is 8.22. The lowest BCUT2D eigenvalue weighted by molar-refractivity contribution is 1.02. The molecular weight excluding hydrogens is 160 g/mol. The minimum Gasteiger partial charge on any atom is -0.263 e. The minimum atomic E-state index is 0.596. The highest BCUT2D eigenvalue weighted by Crippen LogP contribution is 2.07. The van der Waals surface area contributed by atoms with Gasteiger partial charge < -0.3 is 0 Å². The van der Waals surface area contributed by atoms with Gasteiger partial charge in [0.25, 0.3) is 0 Å². The molecule has 1 aromatic rings. The molecule has 0 aromatic carbocycles. The van der Waals surface area contributed by atoms with Crippen molar-refractivity contribution in [2.45, 2.75) is 12.2 Å². The number of nitrogens with one attached hydrogen (secondary N) is 1. The quantitative estimate of drug-likeness (QED) is 0.680. The Bertz CT molecular complexity index is 225. The van der Waals surface area contributed by atoms with Gasteiger partial charge in [0.1, 0.15) is 12.2 Å². The minimum absolute atomic E-state index is 0.596. The molecule has 0 saturated carbocycles. The van der Waals surface area contributed by atoms with Crippen molar-refractivity contribution in [3.63, 3.8) is 0 Å². The largest absolute Gasteiger partial charge is 0.263 e. The second kappa shape index (κ2) is 4.74. The molecule has 0 radical (unpaired) electrons. The van der Waals surface area contributed by atoms with Gasteiger partial charge in [0.05, 0.1) is 11.8 Å². The number of aromatic nitrogens is 3. The summed E-state index contributed by atoms with van der Waals surface area (Å²) in [6.45, 7) is 0. The van der Waals surface area contributed by atoms with Crippen molar-refractivity contribution >= 4 is 11.8 Å². The lowest BCUT2D eigenvalue weighted by Crippen LogP contribution is -1.85. The van der Waals surface area contributed by atoms with Gasteiger partial charge in [0.15, 0.2) is 0 Å². The number of aromatic amines is 1. The highest BCUT2D eigenvalue weighted by atomic mass is 32.2. The van der Waals surface area contributed by atoms with Crippen LogP contribution in [0.4, 0.5) is 0 Å². The Morgan fingerprint density at radius 3 is 3.27 bits per heavy atom. The number of H-pyrrole nitrogens is 1. The molecule has 4 nitrogen and oxygen atoms in total. The monoisotopic (exact) mass is 168 g/mol. The molecule has 1 N–H and O–H groups in total. The van der Waals surface area contributed by atoms with Gasteiger partial charge in [-0.15, -0.1) is 0 Å². The van der Waals surface area contributed by atoms with Gasteiger partial charge in [0, 0.05) is 12.2 Å². The molecule has 1 rings (SSSR count). The van der Waals surface area contributed by atoms with Crippen LogP contribution in [0.2, 0.25) is 0 Å². The van der Waals surface area contributed by atoms with Crippen molar-refractivity contribution in [3.8, 4) is 6.07 Å². The van der Waals surface area contributed by atoms with Crippen molar-refractivity contribution in [2.75, 3.05) is 5.75 Å². The van der Waals surface area contributed by atoms with E-state index in [1.165, 1.54) is 6.33 Å². The molecule has 0 bridgehead atoms. The van der Waals surface area contributed by atoms with E-state index in [9.17, 15) is 0 Å².